The standard InChI is InChI=1S/C14H15N3O4/c1-2-20-14(19)10-21-12-6-4-3-5-11(12)9-16-17-13(18)7-8-15/h3-6,9H,2,7,10H2,1H3,(H,17,18)/b16-9+. The molecule has 1 aromatic carbocycles. The maximum Gasteiger partial charge on any atom is 0.344 e. The van der Waals surface area contributed by atoms with Gasteiger partial charge in [0.25, 0.3) is 5.91 Å². The lowest BCUT2D eigenvalue weighted by molar-refractivity contribution is -0.145. The minimum absolute atomic E-state index is 0.209. The second kappa shape index (κ2) is 9.09. The fourth-order valence-electron chi connectivity index (χ4n) is 1.34. The molecule has 1 aromatic rings. The molecule has 0 fully saturated rings. The van der Waals surface area contributed by atoms with Gasteiger partial charge in [0.1, 0.15) is 12.2 Å². The van der Waals surface area contributed by atoms with Gasteiger partial charge in [0.2, 0.25) is 0 Å². The molecule has 1 amide bonds. The number of nitrogens with zero attached hydrogens (tertiary/aromatic N) is 2. The second-order valence-electron chi connectivity index (χ2n) is 3.76. The number of hydrogen-bond donors (Lipinski definition) is 1. The van der Waals surface area contributed by atoms with Crippen LogP contribution in [0.1, 0.15) is 18.9 Å². The van der Waals surface area contributed by atoms with E-state index in [9.17, 15) is 9.59 Å². The van der Waals surface area contributed by atoms with Gasteiger partial charge in [-0.25, -0.2) is 10.2 Å². The van der Waals surface area contributed by atoms with Crippen LogP contribution in [0, 0.1) is 11.3 Å². The maximum atomic E-state index is 11.2. The highest BCUT2D eigenvalue weighted by molar-refractivity contribution is 5.85. The number of nitriles is 1. The minimum atomic E-state index is -0.501. The fraction of sp³-hybridized carbons (Fsp3) is 0.286. The van der Waals surface area contributed by atoms with Crippen molar-refractivity contribution in [2.75, 3.05) is 13.2 Å². The zero-order valence-corrected chi connectivity index (χ0v) is 11.5. The van der Waals surface area contributed by atoms with Crippen LogP contribution in [0.15, 0.2) is 29.4 Å². The van der Waals surface area contributed by atoms with Gasteiger partial charge in [-0.2, -0.15) is 10.4 Å². The number of amides is 1. The van der Waals surface area contributed by atoms with Gasteiger partial charge in [-0.1, -0.05) is 12.1 Å². The summed E-state index contributed by atoms with van der Waals surface area (Å²) in [5, 5.41) is 12.0. The van der Waals surface area contributed by atoms with Crippen LogP contribution in [-0.2, 0) is 14.3 Å². The van der Waals surface area contributed by atoms with Crippen molar-refractivity contribution in [3.8, 4) is 11.8 Å². The zero-order chi connectivity index (χ0) is 15.5. The molecule has 0 unspecified atom stereocenters. The molecule has 0 heterocycles. The van der Waals surface area contributed by atoms with Crippen molar-refractivity contribution in [1.29, 1.82) is 5.26 Å². The molecular formula is C14H15N3O4. The van der Waals surface area contributed by atoms with Gasteiger partial charge in [-0.3, -0.25) is 4.79 Å². The lowest BCUT2D eigenvalue weighted by Gasteiger charge is -2.08. The summed E-state index contributed by atoms with van der Waals surface area (Å²) in [5.41, 5.74) is 2.79. The van der Waals surface area contributed by atoms with Gasteiger partial charge in [0.15, 0.2) is 6.61 Å². The Balaban J connectivity index is 2.62. The molecule has 0 aromatic heterocycles. The SMILES string of the molecule is CCOC(=O)COc1ccccc1/C=N/NC(=O)CC#N. The van der Waals surface area contributed by atoms with Gasteiger partial charge >= 0.3 is 5.97 Å². The summed E-state index contributed by atoms with van der Waals surface area (Å²) in [6, 6.07) is 8.59. The van der Waals surface area contributed by atoms with Crippen LogP contribution < -0.4 is 10.2 Å². The Morgan fingerprint density at radius 1 is 1.43 bits per heavy atom. The number of benzene rings is 1. The van der Waals surface area contributed by atoms with Crippen molar-refractivity contribution in [2.24, 2.45) is 5.10 Å². The van der Waals surface area contributed by atoms with Gasteiger partial charge in [-0.05, 0) is 19.1 Å². The number of hydrazone groups is 1. The van der Waals surface area contributed by atoms with Crippen LogP contribution in [0.2, 0.25) is 0 Å². The lowest BCUT2D eigenvalue weighted by Crippen LogP contribution is -2.17. The van der Waals surface area contributed by atoms with Gasteiger partial charge in [0, 0.05) is 5.56 Å². The summed E-state index contributed by atoms with van der Waals surface area (Å²) in [6.07, 6.45) is 1.11. The predicted octanol–water partition coefficient (Wildman–Crippen LogP) is 0.992. The average Bonchev–Trinajstić information content (AvgIpc) is 2.47. The summed E-state index contributed by atoms with van der Waals surface area (Å²) >= 11 is 0. The van der Waals surface area contributed by atoms with Crippen molar-refractivity contribution in [3.63, 3.8) is 0 Å². The summed E-state index contributed by atoms with van der Waals surface area (Å²) in [4.78, 5) is 22.3. The molecule has 0 saturated heterocycles. The molecule has 21 heavy (non-hydrogen) atoms. The van der Waals surface area contributed by atoms with Crippen LogP contribution in [0.25, 0.3) is 0 Å². The van der Waals surface area contributed by atoms with Gasteiger partial charge in [-0.15, -0.1) is 0 Å². The number of para-hydroxylation sites is 1. The number of hydrogen-bond acceptors (Lipinski definition) is 6. The first-order valence-electron chi connectivity index (χ1n) is 6.23. The Labute approximate surface area is 122 Å². The first-order valence-corrected chi connectivity index (χ1v) is 6.23. The molecule has 0 radical (unpaired) electrons. The van der Waals surface area contributed by atoms with Crippen LogP contribution in [-0.4, -0.2) is 31.3 Å². The van der Waals surface area contributed by atoms with Crippen molar-refractivity contribution < 1.29 is 19.1 Å². The zero-order valence-electron chi connectivity index (χ0n) is 11.5. The summed E-state index contributed by atoms with van der Waals surface area (Å²) in [7, 11) is 0. The number of ether oxygens (including phenoxy) is 2. The third-order valence-electron chi connectivity index (χ3n) is 2.20. The maximum absolute atomic E-state index is 11.2. The van der Waals surface area contributed by atoms with E-state index in [1.807, 2.05) is 0 Å². The largest absolute Gasteiger partial charge is 0.481 e. The van der Waals surface area contributed by atoms with E-state index in [-0.39, 0.29) is 19.6 Å². The quantitative estimate of drug-likeness (QED) is 0.458. The molecule has 0 aliphatic rings. The van der Waals surface area contributed by atoms with E-state index >= 15 is 0 Å². The van der Waals surface area contributed by atoms with Crippen LogP contribution in [0.4, 0.5) is 0 Å². The Hall–Kier alpha value is -2.88. The Morgan fingerprint density at radius 3 is 2.90 bits per heavy atom. The minimum Gasteiger partial charge on any atom is -0.481 e. The number of carbonyl (C=O) groups is 2. The first-order chi connectivity index (χ1) is 10.2. The second-order valence-corrected chi connectivity index (χ2v) is 3.76. The van der Waals surface area contributed by atoms with E-state index in [0.29, 0.717) is 11.3 Å². The molecule has 7 heteroatoms. The van der Waals surface area contributed by atoms with Gasteiger partial charge < -0.3 is 9.47 Å². The van der Waals surface area contributed by atoms with Crippen LogP contribution in [0.3, 0.4) is 0 Å². The molecule has 110 valence electrons. The molecule has 0 spiro atoms. The summed E-state index contributed by atoms with van der Waals surface area (Å²) in [5.74, 6) is -0.533. The number of esters is 1. The smallest absolute Gasteiger partial charge is 0.344 e. The van der Waals surface area contributed by atoms with E-state index in [2.05, 4.69) is 10.5 Å². The number of nitrogens with one attached hydrogen (secondary N) is 1. The van der Waals surface area contributed by atoms with E-state index in [4.69, 9.17) is 14.7 Å². The van der Waals surface area contributed by atoms with Crippen molar-refractivity contribution in [3.05, 3.63) is 29.8 Å². The van der Waals surface area contributed by atoms with Crippen molar-refractivity contribution >= 4 is 18.1 Å². The van der Waals surface area contributed by atoms with E-state index < -0.39 is 11.9 Å². The van der Waals surface area contributed by atoms with Crippen LogP contribution >= 0.6 is 0 Å². The molecule has 7 nitrogen and oxygen atoms in total. The third kappa shape index (κ3) is 6.20. The highest BCUT2D eigenvalue weighted by Crippen LogP contribution is 2.15. The summed E-state index contributed by atoms with van der Waals surface area (Å²) in [6.45, 7) is 1.79. The Kier molecular flexibility index (Phi) is 7.00. The summed E-state index contributed by atoms with van der Waals surface area (Å²) < 4.78 is 10.1. The van der Waals surface area contributed by atoms with Crippen molar-refractivity contribution in [2.45, 2.75) is 13.3 Å². The fourth-order valence-corrected chi connectivity index (χ4v) is 1.34. The predicted molar refractivity (Wildman–Crippen MR) is 74.5 cm³/mol. The monoisotopic (exact) mass is 289 g/mol. The van der Waals surface area contributed by atoms with E-state index in [0.717, 1.165) is 0 Å². The highest BCUT2D eigenvalue weighted by Gasteiger charge is 2.06. The van der Waals surface area contributed by atoms with E-state index in [1.165, 1.54) is 6.21 Å². The lowest BCUT2D eigenvalue weighted by atomic mass is 10.2. The molecule has 0 aliphatic carbocycles. The molecule has 0 bridgehead atoms. The first kappa shape index (κ1) is 16.2. The Morgan fingerprint density at radius 2 is 2.19 bits per heavy atom. The number of carbonyl (C=O) groups excluding carboxylic acids is 2. The number of rotatable bonds is 7. The molecule has 1 rings (SSSR count). The topological polar surface area (TPSA) is 101 Å². The van der Waals surface area contributed by atoms with Gasteiger partial charge in [0.05, 0.1) is 18.9 Å². The third-order valence-corrected chi connectivity index (χ3v) is 2.20. The van der Waals surface area contributed by atoms with E-state index in [1.54, 1.807) is 37.3 Å². The highest BCUT2D eigenvalue weighted by atomic mass is 16.6. The molecule has 0 saturated carbocycles. The Bertz CT molecular complexity index is 564. The van der Waals surface area contributed by atoms with Crippen molar-refractivity contribution in [1.82, 2.24) is 5.43 Å². The molecule has 0 aliphatic heterocycles. The average molecular weight is 289 g/mol. The van der Waals surface area contributed by atoms with Crippen LogP contribution in [0.5, 0.6) is 5.75 Å². The molecule has 0 atom stereocenters. The molecular weight excluding hydrogens is 274 g/mol. The molecule has 1 N–H and O–H groups in total. The normalized spacial score (nSPS) is 9.90.